The molecule has 1 atom stereocenters. The number of ether oxygens (including phenoxy) is 2. The molecule has 1 aliphatic heterocycles. The van der Waals surface area contributed by atoms with Gasteiger partial charge in [-0.25, -0.2) is 4.79 Å². The van der Waals surface area contributed by atoms with E-state index in [2.05, 4.69) is 0 Å². The van der Waals surface area contributed by atoms with Crippen LogP contribution in [-0.4, -0.2) is 41.1 Å². The van der Waals surface area contributed by atoms with Gasteiger partial charge in [-0.15, -0.1) is 0 Å². The number of aliphatic hydroxyl groups excluding tert-OH is 1. The lowest BCUT2D eigenvalue weighted by molar-refractivity contribution is -0.0507. The van der Waals surface area contributed by atoms with E-state index < -0.39 is 11.8 Å². The van der Waals surface area contributed by atoms with Crippen molar-refractivity contribution in [2.75, 3.05) is 13.2 Å². The summed E-state index contributed by atoms with van der Waals surface area (Å²) in [6.45, 7) is 3.97. The quantitative estimate of drug-likeness (QED) is 0.904. The van der Waals surface area contributed by atoms with Gasteiger partial charge in [0.15, 0.2) is 0 Å². The number of hydrogen-bond acceptors (Lipinski definition) is 4. The minimum atomic E-state index is -0.749. The molecular formula is C14H19NO4. The molecule has 19 heavy (non-hydrogen) atoms. The lowest BCUT2D eigenvalue weighted by Gasteiger charge is -2.32. The van der Waals surface area contributed by atoms with Crippen LogP contribution in [-0.2, 0) is 16.1 Å². The third kappa shape index (κ3) is 3.05. The van der Waals surface area contributed by atoms with Gasteiger partial charge in [-0.05, 0) is 19.4 Å². The second-order valence-electron chi connectivity index (χ2n) is 5.00. The average molecular weight is 265 g/mol. The van der Waals surface area contributed by atoms with E-state index in [1.165, 1.54) is 4.90 Å². The molecule has 1 N–H and O–H groups in total. The monoisotopic (exact) mass is 265 g/mol. The highest BCUT2D eigenvalue weighted by molar-refractivity contribution is 5.69. The third-order valence-corrected chi connectivity index (χ3v) is 3.19. The predicted octanol–water partition coefficient (Wildman–Crippen LogP) is 1.75. The first kappa shape index (κ1) is 13.8. The lowest BCUT2D eigenvalue weighted by Crippen LogP contribution is -2.49. The molecule has 1 saturated heterocycles. The highest BCUT2D eigenvalue weighted by Crippen LogP contribution is 2.28. The Bertz CT molecular complexity index is 432. The Hall–Kier alpha value is -1.59. The van der Waals surface area contributed by atoms with Crippen molar-refractivity contribution in [2.24, 2.45) is 0 Å². The van der Waals surface area contributed by atoms with Gasteiger partial charge in [0, 0.05) is 0 Å². The van der Waals surface area contributed by atoms with E-state index in [-0.39, 0.29) is 19.3 Å². The van der Waals surface area contributed by atoms with E-state index in [0.717, 1.165) is 5.56 Å². The van der Waals surface area contributed by atoms with Gasteiger partial charge in [-0.1, -0.05) is 30.3 Å². The van der Waals surface area contributed by atoms with Crippen LogP contribution in [0.25, 0.3) is 0 Å². The molecule has 1 fully saturated rings. The summed E-state index contributed by atoms with van der Waals surface area (Å²) in [5.74, 6) is 0. The molecule has 0 bridgehead atoms. The van der Waals surface area contributed by atoms with Crippen LogP contribution in [0.4, 0.5) is 4.79 Å². The molecule has 0 radical (unpaired) electrons. The molecular weight excluding hydrogens is 246 g/mol. The molecule has 1 amide bonds. The molecule has 1 aromatic carbocycles. The van der Waals surface area contributed by atoms with Crippen molar-refractivity contribution in [3.05, 3.63) is 35.9 Å². The number of amides is 1. The van der Waals surface area contributed by atoms with Gasteiger partial charge in [0.2, 0.25) is 0 Å². The summed E-state index contributed by atoms with van der Waals surface area (Å²) in [5, 5.41) is 9.27. The van der Waals surface area contributed by atoms with Crippen molar-refractivity contribution in [3.63, 3.8) is 0 Å². The van der Waals surface area contributed by atoms with Gasteiger partial charge in [-0.3, -0.25) is 4.90 Å². The van der Waals surface area contributed by atoms with E-state index in [1.54, 1.807) is 13.8 Å². The molecule has 0 aromatic heterocycles. The first-order chi connectivity index (χ1) is 9.04. The van der Waals surface area contributed by atoms with Gasteiger partial charge in [0.1, 0.15) is 12.3 Å². The fraction of sp³-hybridized carbons (Fsp3) is 0.500. The first-order valence-corrected chi connectivity index (χ1v) is 6.29. The minimum Gasteiger partial charge on any atom is -0.444 e. The number of aliphatic hydroxyl groups is 1. The molecule has 5 nitrogen and oxygen atoms in total. The molecule has 0 aliphatic carbocycles. The van der Waals surface area contributed by atoms with E-state index in [4.69, 9.17) is 9.47 Å². The van der Waals surface area contributed by atoms with Crippen molar-refractivity contribution in [3.8, 4) is 0 Å². The fourth-order valence-corrected chi connectivity index (χ4v) is 2.18. The molecule has 1 heterocycles. The minimum absolute atomic E-state index is 0.135. The Labute approximate surface area is 112 Å². The molecule has 1 unspecified atom stereocenters. The molecule has 5 heteroatoms. The maximum absolute atomic E-state index is 12.1. The van der Waals surface area contributed by atoms with Crippen molar-refractivity contribution in [2.45, 2.75) is 32.2 Å². The van der Waals surface area contributed by atoms with Gasteiger partial charge >= 0.3 is 6.09 Å². The molecule has 1 aromatic rings. The molecule has 0 saturated carbocycles. The highest BCUT2D eigenvalue weighted by Gasteiger charge is 2.44. The van der Waals surface area contributed by atoms with Crippen molar-refractivity contribution < 1.29 is 19.4 Å². The number of carbonyl (C=O) groups is 1. The second-order valence-corrected chi connectivity index (χ2v) is 5.00. The van der Waals surface area contributed by atoms with Crippen LogP contribution >= 0.6 is 0 Å². The Balaban J connectivity index is 1.99. The Morgan fingerprint density at radius 3 is 2.79 bits per heavy atom. The zero-order valence-corrected chi connectivity index (χ0v) is 11.2. The lowest BCUT2D eigenvalue weighted by atomic mass is 10.2. The van der Waals surface area contributed by atoms with Gasteiger partial charge in [-0.2, -0.15) is 0 Å². The number of hydrogen-bond donors (Lipinski definition) is 1. The molecule has 0 spiro atoms. The predicted molar refractivity (Wildman–Crippen MR) is 69.4 cm³/mol. The Morgan fingerprint density at radius 2 is 2.16 bits per heavy atom. The summed E-state index contributed by atoms with van der Waals surface area (Å²) in [6, 6.07) is 9.12. The van der Waals surface area contributed by atoms with E-state index in [1.807, 2.05) is 30.3 Å². The molecule has 1 aliphatic rings. The average Bonchev–Trinajstić information content (AvgIpc) is 2.72. The summed E-state index contributed by atoms with van der Waals surface area (Å²) >= 11 is 0. The Kier molecular flexibility index (Phi) is 4.07. The smallest absolute Gasteiger partial charge is 0.412 e. The Morgan fingerprint density at radius 1 is 1.47 bits per heavy atom. The van der Waals surface area contributed by atoms with Crippen LogP contribution in [0.3, 0.4) is 0 Å². The first-order valence-electron chi connectivity index (χ1n) is 6.29. The molecule has 104 valence electrons. The van der Waals surface area contributed by atoms with Gasteiger partial charge in [0.25, 0.3) is 0 Å². The summed E-state index contributed by atoms with van der Waals surface area (Å²) in [6.07, 6.45) is -0.467. The van der Waals surface area contributed by atoms with E-state index in [9.17, 15) is 9.90 Å². The summed E-state index contributed by atoms with van der Waals surface area (Å²) < 4.78 is 10.8. The maximum atomic E-state index is 12.1. The van der Waals surface area contributed by atoms with Crippen LogP contribution < -0.4 is 0 Å². The van der Waals surface area contributed by atoms with Crippen molar-refractivity contribution >= 4 is 6.09 Å². The van der Waals surface area contributed by atoms with E-state index in [0.29, 0.717) is 6.61 Å². The third-order valence-electron chi connectivity index (χ3n) is 3.19. The fourth-order valence-electron chi connectivity index (χ4n) is 2.18. The topological polar surface area (TPSA) is 59.0 Å². The molecule has 2 rings (SSSR count). The second kappa shape index (κ2) is 5.59. The summed E-state index contributed by atoms with van der Waals surface area (Å²) in [4.78, 5) is 13.6. The number of nitrogens with zero attached hydrogens (tertiary/aromatic N) is 1. The zero-order chi connectivity index (χ0) is 13.9. The van der Waals surface area contributed by atoms with Crippen LogP contribution in [0.5, 0.6) is 0 Å². The van der Waals surface area contributed by atoms with Crippen LogP contribution in [0.15, 0.2) is 30.3 Å². The van der Waals surface area contributed by atoms with Gasteiger partial charge in [0.05, 0.1) is 19.3 Å². The van der Waals surface area contributed by atoms with E-state index >= 15 is 0 Å². The van der Waals surface area contributed by atoms with Crippen LogP contribution in [0, 0.1) is 0 Å². The maximum Gasteiger partial charge on any atom is 0.412 e. The van der Waals surface area contributed by atoms with Crippen LogP contribution in [0.2, 0.25) is 0 Å². The summed E-state index contributed by atoms with van der Waals surface area (Å²) in [5.41, 5.74) is 0.176. The zero-order valence-electron chi connectivity index (χ0n) is 11.2. The van der Waals surface area contributed by atoms with Gasteiger partial charge < -0.3 is 14.6 Å². The largest absolute Gasteiger partial charge is 0.444 e. The van der Waals surface area contributed by atoms with Crippen molar-refractivity contribution in [1.82, 2.24) is 4.90 Å². The van der Waals surface area contributed by atoms with Crippen molar-refractivity contribution in [1.29, 1.82) is 0 Å². The van der Waals surface area contributed by atoms with Crippen LogP contribution in [0.1, 0.15) is 19.4 Å². The highest BCUT2D eigenvalue weighted by atomic mass is 16.6. The number of benzene rings is 1. The normalized spacial score (nSPS) is 21.4. The number of rotatable bonds is 3. The SMILES string of the molecule is CC1(C)OCC(CO)N1C(=O)OCc1ccccc1. The summed E-state index contributed by atoms with van der Waals surface area (Å²) in [7, 11) is 0. The standard InChI is InChI=1S/C14H19NO4/c1-14(2)15(12(8-16)10-19-14)13(17)18-9-11-6-4-3-5-7-11/h3-7,12,16H,8-10H2,1-2H3. The number of carbonyl (C=O) groups excluding carboxylic acids is 1.